The van der Waals surface area contributed by atoms with Crippen molar-refractivity contribution in [2.45, 2.75) is 26.3 Å². The second-order valence-corrected chi connectivity index (χ2v) is 5.75. The second-order valence-electron chi connectivity index (χ2n) is 5.35. The van der Waals surface area contributed by atoms with Crippen LogP contribution in [-0.4, -0.2) is 41.6 Å². The number of hydrogen-bond acceptors (Lipinski definition) is 3. The molecule has 5 heteroatoms. The number of halogens is 1. The number of carbonyl (C=O) groups excluding carboxylic acids is 1. The van der Waals surface area contributed by atoms with E-state index in [4.69, 9.17) is 11.6 Å². The molecule has 1 saturated heterocycles. The van der Waals surface area contributed by atoms with E-state index in [1.807, 2.05) is 4.90 Å². The number of piperidine rings is 1. The monoisotopic (exact) mass is 296 g/mol. The summed E-state index contributed by atoms with van der Waals surface area (Å²) in [6, 6.07) is 4.94. The molecule has 4 nitrogen and oxygen atoms in total. The average Bonchev–Trinajstić information content (AvgIpc) is 2.43. The standard InChI is InChI=1S/C15H21ClN2O2/c1-3-17-14-6-7-18(9-10(14)2)15(20)12-8-11(19)4-5-13(12)16/h4-5,8,10,14,17,19H,3,6-7,9H2,1-2H3. The number of carbonyl (C=O) groups is 1. The maximum atomic E-state index is 12.5. The Kier molecular flexibility index (Phi) is 4.89. The molecule has 1 amide bonds. The summed E-state index contributed by atoms with van der Waals surface area (Å²) in [5.41, 5.74) is 0.376. The summed E-state index contributed by atoms with van der Waals surface area (Å²) >= 11 is 6.05. The molecule has 1 aliphatic heterocycles. The van der Waals surface area contributed by atoms with Gasteiger partial charge >= 0.3 is 0 Å². The predicted molar refractivity (Wildman–Crippen MR) is 80.3 cm³/mol. The van der Waals surface area contributed by atoms with Gasteiger partial charge in [-0.3, -0.25) is 4.79 Å². The first kappa shape index (κ1) is 15.1. The van der Waals surface area contributed by atoms with Crippen LogP contribution in [0.1, 0.15) is 30.6 Å². The quantitative estimate of drug-likeness (QED) is 0.901. The van der Waals surface area contributed by atoms with Crippen molar-refractivity contribution in [3.8, 4) is 5.75 Å². The molecule has 110 valence electrons. The van der Waals surface area contributed by atoms with Crippen LogP contribution < -0.4 is 5.32 Å². The Hall–Kier alpha value is -1.26. The Balaban J connectivity index is 2.09. The van der Waals surface area contributed by atoms with Crippen molar-refractivity contribution in [2.75, 3.05) is 19.6 Å². The number of phenolic OH excluding ortho intramolecular Hbond substituents is 1. The van der Waals surface area contributed by atoms with Crippen molar-refractivity contribution in [1.29, 1.82) is 0 Å². The van der Waals surface area contributed by atoms with Gasteiger partial charge in [0, 0.05) is 19.1 Å². The molecule has 20 heavy (non-hydrogen) atoms. The van der Waals surface area contributed by atoms with Crippen LogP contribution >= 0.6 is 11.6 Å². The molecule has 0 spiro atoms. The lowest BCUT2D eigenvalue weighted by Crippen LogP contribution is -2.50. The summed E-state index contributed by atoms with van der Waals surface area (Å²) < 4.78 is 0. The van der Waals surface area contributed by atoms with E-state index in [0.29, 0.717) is 35.6 Å². The smallest absolute Gasteiger partial charge is 0.255 e. The van der Waals surface area contributed by atoms with Gasteiger partial charge in [0.2, 0.25) is 0 Å². The summed E-state index contributed by atoms with van der Waals surface area (Å²) in [6.45, 7) is 6.62. The Labute approximate surface area is 124 Å². The van der Waals surface area contributed by atoms with Crippen molar-refractivity contribution < 1.29 is 9.90 Å². The Morgan fingerprint density at radius 3 is 2.95 bits per heavy atom. The number of nitrogens with one attached hydrogen (secondary N) is 1. The third-order valence-corrected chi connectivity index (χ3v) is 4.17. The van der Waals surface area contributed by atoms with Crippen molar-refractivity contribution >= 4 is 17.5 Å². The van der Waals surface area contributed by atoms with E-state index in [2.05, 4.69) is 19.2 Å². The van der Waals surface area contributed by atoms with Gasteiger partial charge in [-0.05, 0) is 37.1 Å². The number of hydrogen-bond donors (Lipinski definition) is 2. The van der Waals surface area contributed by atoms with E-state index < -0.39 is 0 Å². The molecule has 2 rings (SSSR count). The number of amides is 1. The number of nitrogens with zero attached hydrogens (tertiary/aromatic N) is 1. The molecule has 1 aromatic rings. The van der Waals surface area contributed by atoms with Crippen LogP contribution in [0, 0.1) is 5.92 Å². The molecule has 0 bridgehead atoms. The van der Waals surface area contributed by atoms with Gasteiger partial charge in [0.05, 0.1) is 10.6 Å². The average molecular weight is 297 g/mol. The maximum Gasteiger partial charge on any atom is 0.255 e. The van der Waals surface area contributed by atoms with Gasteiger partial charge in [-0.15, -0.1) is 0 Å². The molecule has 1 aromatic carbocycles. The van der Waals surface area contributed by atoms with Crippen LogP contribution in [0.25, 0.3) is 0 Å². The van der Waals surface area contributed by atoms with Gasteiger partial charge in [0.25, 0.3) is 5.91 Å². The van der Waals surface area contributed by atoms with E-state index in [1.54, 1.807) is 6.07 Å². The Bertz CT molecular complexity index is 493. The van der Waals surface area contributed by atoms with E-state index in [9.17, 15) is 9.90 Å². The number of aromatic hydroxyl groups is 1. The van der Waals surface area contributed by atoms with Crippen molar-refractivity contribution in [1.82, 2.24) is 10.2 Å². The topological polar surface area (TPSA) is 52.6 Å². The first-order valence-electron chi connectivity index (χ1n) is 7.04. The first-order valence-corrected chi connectivity index (χ1v) is 7.42. The highest BCUT2D eigenvalue weighted by atomic mass is 35.5. The van der Waals surface area contributed by atoms with Crippen LogP contribution in [0.5, 0.6) is 5.75 Å². The fraction of sp³-hybridized carbons (Fsp3) is 0.533. The summed E-state index contributed by atoms with van der Waals surface area (Å²) in [5.74, 6) is 0.366. The lowest BCUT2D eigenvalue weighted by atomic mass is 9.93. The molecule has 1 aliphatic rings. The highest BCUT2D eigenvalue weighted by Gasteiger charge is 2.29. The lowest BCUT2D eigenvalue weighted by Gasteiger charge is -2.37. The van der Waals surface area contributed by atoms with Gasteiger partial charge in [-0.1, -0.05) is 25.4 Å². The molecule has 2 N–H and O–H groups in total. The number of rotatable bonds is 3. The summed E-state index contributed by atoms with van der Waals surface area (Å²) in [6.07, 6.45) is 0.942. The summed E-state index contributed by atoms with van der Waals surface area (Å²) in [7, 11) is 0. The van der Waals surface area contributed by atoms with Crippen LogP contribution in [0.4, 0.5) is 0 Å². The largest absolute Gasteiger partial charge is 0.508 e. The van der Waals surface area contributed by atoms with E-state index in [-0.39, 0.29) is 11.7 Å². The van der Waals surface area contributed by atoms with Crippen LogP contribution in [0.2, 0.25) is 5.02 Å². The summed E-state index contributed by atoms with van der Waals surface area (Å²) in [4.78, 5) is 14.3. The van der Waals surface area contributed by atoms with E-state index in [0.717, 1.165) is 13.0 Å². The minimum absolute atomic E-state index is 0.0633. The highest BCUT2D eigenvalue weighted by molar-refractivity contribution is 6.33. The van der Waals surface area contributed by atoms with Crippen LogP contribution in [0.3, 0.4) is 0 Å². The van der Waals surface area contributed by atoms with Gasteiger partial charge in [0.1, 0.15) is 5.75 Å². The Morgan fingerprint density at radius 2 is 2.30 bits per heavy atom. The fourth-order valence-corrected chi connectivity index (χ4v) is 2.94. The van der Waals surface area contributed by atoms with Crippen molar-refractivity contribution in [3.05, 3.63) is 28.8 Å². The van der Waals surface area contributed by atoms with Gasteiger partial charge in [-0.25, -0.2) is 0 Å². The fourth-order valence-electron chi connectivity index (χ4n) is 2.74. The molecular weight excluding hydrogens is 276 g/mol. The van der Waals surface area contributed by atoms with Gasteiger partial charge < -0.3 is 15.3 Å². The molecule has 1 fully saturated rings. The van der Waals surface area contributed by atoms with Crippen LogP contribution in [0.15, 0.2) is 18.2 Å². The number of likely N-dealkylation sites (tertiary alicyclic amines) is 1. The van der Waals surface area contributed by atoms with Crippen molar-refractivity contribution in [3.63, 3.8) is 0 Å². The zero-order valence-corrected chi connectivity index (χ0v) is 12.7. The Morgan fingerprint density at radius 1 is 1.55 bits per heavy atom. The number of phenols is 1. The van der Waals surface area contributed by atoms with Crippen LogP contribution in [-0.2, 0) is 0 Å². The normalized spacial score (nSPS) is 22.9. The van der Waals surface area contributed by atoms with Gasteiger partial charge in [0.15, 0.2) is 0 Å². The highest BCUT2D eigenvalue weighted by Crippen LogP contribution is 2.25. The SMILES string of the molecule is CCNC1CCN(C(=O)c2cc(O)ccc2Cl)CC1C. The minimum atomic E-state index is -0.104. The van der Waals surface area contributed by atoms with Gasteiger partial charge in [-0.2, -0.15) is 0 Å². The third kappa shape index (κ3) is 3.25. The summed E-state index contributed by atoms with van der Waals surface area (Å²) in [5, 5.41) is 13.3. The zero-order valence-electron chi connectivity index (χ0n) is 11.9. The lowest BCUT2D eigenvalue weighted by molar-refractivity contribution is 0.0646. The molecule has 1 heterocycles. The molecule has 0 saturated carbocycles. The molecule has 2 atom stereocenters. The number of benzene rings is 1. The minimum Gasteiger partial charge on any atom is -0.508 e. The molecule has 0 radical (unpaired) electrons. The third-order valence-electron chi connectivity index (χ3n) is 3.84. The molecule has 0 aromatic heterocycles. The van der Waals surface area contributed by atoms with E-state index >= 15 is 0 Å². The second kappa shape index (κ2) is 6.46. The maximum absolute atomic E-state index is 12.5. The first-order chi connectivity index (χ1) is 9.52. The zero-order chi connectivity index (χ0) is 14.7. The predicted octanol–water partition coefficient (Wildman–Crippen LogP) is 2.51. The van der Waals surface area contributed by atoms with E-state index in [1.165, 1.54) is 12.1 Å². The van der Waals surface area contributed by atoms with Crippen molar-refractivity contribution in [2.24, 2.45) is 5.92 Å². The molecule has 0 aliphatic carbocycles. The molecular formula is C15H21ClN2O2. The molecule has 2 unspecified atom stereocenters.